The lowest BCUT2D eigenvalue weighted by Crippen LogP contribution is -2.12. The molecule has 0 aromatic heterocycles. The second-order valence-corrected chi connectivity index (χ2v) is 4.88. The van der Waals surface area contributed by atoms with Gasteiger partial charge in [0.1, 0.15) is 11.6 Å². The number of anilines is 1. The highest BCUT2D eigenvalue weighted by molar-refractivity contribution is 7.99. The Kier molecular flexibility index (Phi) is 3.71. The number of hydrogen-bond acceptors (Lipinski definition) is 3. The molecule has 19 heavy (non-hydrogen) atoms. The predicted octanol–water partition coefficient (Wildman–Crippen LogP) is 2.80. The maximum absolute atomic E-state index is 13.6. The summed E-state index contributed by atoms with van der Waals surface area (Å²) in [5.74, 6) is -1.79. The van der Waals surface area contributed by atoms with Crippen molar-refractivity contribution in [3.63, 3.8) is 0 Å². The van der Waals surface area contributed by atoms with Gasteiger partial charge in [0, 0.05) is 10.6 Å². The second-order valence-electron chi connectivity index (χ2n) is 3.80. The average Bonchev–Trinajstić information content (AvgIpc) is 2.33. The minimum atomic E-state index is -0.653. The van der Waals surface area contributed by atoms with Crippen molar-refractivity contribution < 1.29 is 13.6 Å². The number of primary amides is 1. The molecule has 6 heteroatoms. The molecule has 0 aliphatic rings. The van der Waals surface area contributed by atoms with E-state index in [2.05, 4.69) is 0 Å². The fourth-order valence-corrected chi connectivity index (χ4v) is 2.55. The first kappa shape index (κ1) is 13.4. The normalized spacial score (nSPS) is 10.4. The van der Waals surface area contributed by atoms with Gasteiger partial charge in [-0.3, -0.25) is 4.79 Å². The van der Waals surface area contributed by atoms with Gasteiger partial charge in [-0.1, -0.05) is 11.8 Å². The molecule has 2 aromatic carbocycles. The summed E-state index contributed by atoms with van der Waals surface area (Å²) in [4.78, 5) is 11.7. The summed E-state index contributed by atoms with van der Waals surface area (Å²) >= 11 is 0.902. The van der Waals surface area contributed by atoms with Gasteiger partial charge in [-0.05, 0) is 36.4 Å². The summed E-state index contributed by atoms with van der Waals surface area (Å²) in [6, 6.07) is 7.56. The quantitative estimate of drug-likeness (QED) is 0.849. The molecule has 2 aromatic rings. The standard InChI is InChI=1S/C13H10F2N2OS/c14-7-1-4-10(15)12(5-7)19-11-6-8(16)2-3-9(11)13(17)18/h1-6H,16H2,(H2,17,18). The number of halogens is 2. The largest absolute Gasteiger partial charge is 0.399 e. The molecule has 0 saturated carbocycles. The Morgan fingerprint density at radius 3 is 2.47 bits per heavy atom. The molecule has 0 unspecified atom stereocenters. The topological polar surface area (TPSA) is 69.1 Å². The van der Waals surface area contributed by atoms with E-state index in [1.807, 2.05) is 0 Å². The van der Waals surface area contributed by atoms with E-state index in [0.29, 0.717) is 10.6 Å². The molecule has 4 N–H and O–H groups in total. The number of nitrogen functional groups attached to an aromatic ring is 1. The third-order valence-electron chi connectivity index (χ3n) is 2.38. The smallest absolute Gasteiger partial charge is 0.249 e. The Hall–Kier alpha value is -2.08. The average molecular weight is 280 g/mol. The van der Waals surface area contributed by atoms with Crippen molar-refractivity contribution in [2.75, 3.05) is 5.73 Å². The van der Waals surface area contributed by atoms with Crippen LogP contribution in [-0.4, -0.2) is 5.91 Å². The van der Waals surface area contributed by atoms with Gasteiger partial charge >= 0.3 is 0 Å². The van der Waals surface area contributed by atoms with Crippen LogP contribution in [0, 0.1) is 11.6 Å². The third kappa shape index (κ3) is 3.03. The van der Waals surface area contributed by atoms with E-state index in [1.165, 1.54) is 18.2 Å². The SMILES string of the molecule is NC(=O)c1ccc(N)cc1Sc1cc(F)ccc1F. The Balaban J connectivity index is 2.45. The summed E-state index contributed by atoms with van der Waals surface area (Å²) < 4.78 is 26.6. The first-order chi connectivity index (χ1) is 8.97. The van der Waals surface area contributed by atoms with Crippen LogP contribution >= 0.6 is 11.8 Å². The molecule has 0 bridgehead atoms. The number of carbonyl (C=O) groups excluding carboxylic acids is 1. The number of amides is 1. The molecular formula is C13H10F2N2OS. The van der Waals surface area contributed by atoms with Crippen molar-refractivity contribution in [1.29, 1.82) is 0 Å². The molecule has 2 rings (SSSR count). The van der Waals surface area contributed by atoms with Gasteiger partial charge in [0.25, 0.3) is 0 Å². The zero-order valence-corrected chi connectivity index (χ0v) is 10.5. The van der Waals surface area contributed by atoms with Crippen LogP contribution in [0.5, 0.6) is 0 Å². The van der Waals surface area contributed by atoms with Crippen molar-refractivity contribution in [1.82, 2.24) is 0 Å². The molecule has 98 valence electrons. The van der Waals surface area contributed by atoms with Crippen molar-refractivity contribution in [3.05, 3.63) is 53.6 Å². The molecule has 0 saturated heterocycles. The zero-order chi connectivity index (χ0) is 14.0. The molecule has 0 aliphatic carbocycles. The Morgan fingerprint density at radius 1 is 1.05 bits per heavy atom. The maximum atomic E-state index is 13.6. The van der Waals surface area contributed by atoms with Crippen LogP contribution in [0.4, 0.5) is 14.5 Å². The van der Waals surface area contributed by atoms with Gasteiger partial charge in [-0.2, -0.15) is 0 Å². The van der Waals surface area contributed by atoms with Crippen LogP contribution in [0.25, 0.3) is 0 Å². The summed E-state index contributed by atoms with van der Waals surface area (Å²) in [7, 11) is 0. The lowest BCUT2D eigenvalue weighted by Gasteiger charge is -2.08. The number of nitrogens with two attached hydrogens (primary N) is 2. The lowest BCUT2D eigenvalue weighted by molar-refractivity contribution is 0.0997. The molecule has 0 fully saturated rings. The molecule has 0 spiro atoms. The van der Waals surface area contributed by atoms with Gasteiger partial charge < -0.3 is 11.5 Å². The highest BCUT2D eigenvalue weighted by Gasteiger charge is 2.13. The Bertz CT molecular complexity index is 647. The highest BCUT2D eigenvalue weighted by atomic mass is 32.2. The van der Waals surface area contributed by atoms with Gasteiger partial charge in [0.2, 0.25) is 5.91 Å². The fourth-order valence-electron chi connectivity index (χ4n) is 1.50. The van der Waals surface area contributed by atoms with E-state index in [4.69, 9.17) is 11.5 Å². The molecule has 0 atom stereocenters. The maximum Gasteiger partial charge on any atom is 0.249 e. The van der Waals surface area contributed by atoms with Crippen molar-refractivity contribution in [2.45, 2.75) is 9.79 Å². The minimum absolute atomic E-state index is 0.0631. The molecular weight excluding hydrogens is 270 g/mol. The van der Waals surface area contributed by atoms with Gasteiger partial charge in [0.05, 0.1) is 10.5 Å². The molecule has 1 amide bonds. The van der Waals surface area contributed by atoms with Crippen LogP contribution in [0.15, 0.2) is 46.2 Å². The van der Waals surface area contributed by atoms with Crippen LogP contribution in [0.3, 0.4) is 0 Å². The summed E-state index contributed by atoms with van der Waals surface area (Å²) in [6.07, 6.45) is 0. The Morgan fingerprint density at radius 2 is 1.79 bits per heavy atom. The zero-order valence-electron chi connectivity index (χ0n) is 9.69. The van der Waals surface area contributed by atoms with Crippen molar-refractivity contribution in [2.24, 2.45) is 5.73 Å². The van der Waals surface area contributed by atoms with E-state index >= 15 is 0 Å². The van der Waals surface area contributed by atoms with Crippen LogP contribution in [0.1, 0.15) is 10.4 Å². The summed E-state index contributed by atoms with van der Waals surface area (Å²) in [5, 5.41) is 0. The second kappa shape index (κ2) is 5.27. The number of rotatable bonds is 3. The van der Waals surface area contributed by atoms with E-state index in [-0.39, 0.29) is 10.5 Å². The highest BCUT2D eigenvalue weighted by Crippen LogP contribution is 2.33. The van der Waals surface area contributed by atoms with Crippen molar-refractivity contribution in [3.8, 4) is 0 Å². The number of benzene rings is 2. The lowest BCUT2D eigenvalue weighted by atomic mass is 10.2. The molecule has 0 heterocycles. The van der Waals surface area contributed by atoms with Crippen LogP contribution in [-0.2, 0) is 0 Å². The first-order valence-corrected chi connectivity index (χ1v) is 6.11. The summed E-state index contributed by atoms with van der Waals surface area (Å²) in [6.45, 7) is 0. The van der Waals surface area contributed by atoms with Gasteiger partial charge in [-0.15, -0.1) is 0 Å². The molecule has 0 radical (unpaired) electrons. The minimum Gasteiger partial charge on any atom is -0.399 e. The van der Waals surface area contributed by atoms with E-state index in [1.54, 1.807) is 0 Å². The summed E-state index contributed by atoms with van der Waals surface area (Å²) in [5.41, 5.74) is 11.5. The predicted molar refractivity (Wildman–Crippen MR) is 69.9 cm³/mol. The van der Waals surface area contributed by atoms with Crippen LogP contribution < -0.4 is 11.5 Å². The van der Waals surface area contributed by atoms with E-state index in [9.17, 15) is 13.6 Å². The third-order valence-corrected chi connectivity index (χ3v) is 3.47. The van der Waals surface area contributed by atoms with Gasteiger partial charge in [-0.25, -0.2) is 8.78 Å². The van der Waals surface area contributed by atoms with E-state index in [0.717, 1.165) is 30.0 Å². The molecule has 3 nitrogen and oxygen atoms in total. The monoisotopic (exact) mass is 280 g/mol. The first-order valence-electron chi connectivity index (χ1n) is 5.29. The molecule has 0 aliphatic heterocycles. The number of carbonyl (C=O) groups is 1. The number of hydrogen-bond donors (Lipinski definition) is 2. The fraction of sp³-hybridized carbons (Fsp3) is 0. The van der Waals surface area contributed by atoms with E-state index < -0.39 is 17.5 Å². The van der Waals surface area contributed by atoms with Gasteiger partial charge in [0.15, 0.2) is 0 Å². The van der Waals surface area contributed by atoms with Crippen molar-refractivity contribution >= 4 is 23.4 Å². The van der Waals surface area contributed by atoms with Crippen LogP contribution in [0.2, 0.25) is 0 Å². The Labute approximate surface area is 112 Å².